The van der Waals surface area contributed by atoms with Crippen LogP contribution in [0.25, 0.3) is 0 Å². The summed E-state index contributed by atoms with van der Waals surface area (Å²) in [6.07, 6.45) is 1.70. The highest BCUT2D eigenvalue weighted by atomic mass is 16.5. The van der Waals surface area contributed by atoms with Crippen molar-refractivity contribution in [3.05, 3.63) is 58.7 Å². The van der Waals surface area contributed by atoms with E-state index < -0.39 is 5.60 Å². The largest absolute Gasteiger partial charge is 0.377 e. The maximum absolute atomic E-state index is 13.6. The van der Waals surface area contributed by atoms with E-state index in [9.17, 15) is 14.4 Å². The number of anilines is 2. The van der Waals surface area contributed by atoms with Gasteiger partial charge in [0.05, 0.1) is 34.9 Å². The summed E-state index contributed by atoms with van der Waals surface area (Å²) in [5, 5.41) is 0. The molecule has 3 heterocycles. The third-order valence-electron chi connectivity index (χ3n) is 8.69. The second-order valence-electron chi connectivity index (χ2n) is 11.7. The fraction of sp³-hybridized carbons (Fsp3) is 0.516. The van der Waals surface area contributed by atoms with E-state index in [-0.39, 0.29) is 30.2 Å². The summed E-state index contributed by atoms with van der Waals surface area (Å²) in [6.45, 7) is 12.6. The predicted octanol–water partition coefficient (Wildman–Crippen LogP) is 3.89. The van der Waals surface area contributed by atoms with Crippen LogP contribution in [0.3, 0.4) is 0 Å². The molecule has 2 aromatic rings. The maximum atomic E-state index is 13.6. The number of hydrogen-bond donors (Lipinski definition) is 0. The number of ether oxygens (including phenoxy) is 1. The van der Waals surface area contributed by atoms with Crippen LogP contribution in [-0.2, 0) is 9.53 Å². The Morgan fingerprint density at radius 2 is 1.62 bits per heavy atom. The molecule has 1 unspecified atom stereocenters. The summed E-state index contributed by atoms with van der Waals surface area (Å²) in [6, 6.07) is 11.9. The molecule has 1 atom stereocenters. The molecule has 39 heavy (non-hydrogen) atoms. The Labute approximate surface area is 231 Å². The highest BCUT2D eigenvalue weighted by Crippen LogP contribution is 2.35. The first-order valence-electron chi connectivity index (χ1n) is 14.0. The zero-order valence-electron chi connectivity index (χ0n) is 23.8. The molecule has 5 rings (SSSR count). The van der Waals surface area contributed by atoms with E-state index in [4.69, 9.17) is 4.74 Å². The Balaban J connectivity index is 1.27. The molecule has 0 radical (unpaired) electrons. The molecule has 3 aliphatic rings. The molecule has 0 spiro atoms. The minimum Gasteiger partial charge on any atom is -0.377 e. The molecule has 208 valence electrons. The predicted molar refractivity (Wildman–Crippen MR) is 153 cm³/mol. The molecule has 0 saturated carbocycles. The molecule has 8 nitrogen and oxygen atoms in total. The Bertz CT molecular complexity index is 1280. The van der Waals surface area contributed by atoms with Gasteiger partial charge in [-0.15, -0.1) is 0 Å². The quantitative estimate of drug-likeness (QED) is 0.526. The summed E-state index contributed by atoms with van der Waals surface area (Å²) >= 11 is 0. The molecule has 0 aromatic heterocycles. The SMILES string of the molecule is COC(C)(C)CN1C(=O)c2cccc(N3CCCC(C(=O)N4CCN(c5cccc(C)c5C)CC4)C3)c2C1=O. The number of nitrogens with zero attached hydrogens (tertiary/aromatic N) is 4. The van der Waals surface area contributed by atoms with Gasteiger partial charge in [0, 0.05) is 52.1 Å². The third kappa shape index (κ3) is 5.14. The molecule has 2 aromatic carbocycles. The summed E-state index contributed by atoms with van der Waals surface area (Å²) < 4.78 is 5.48. The lowest BCUT2D eigenvalue weighted by Crippen LogP contribution is -2.53. The number of carbonyl (C=O) groups is 3. The van der Waals surface area contributed by atoms with Crippen molar-refractivity contribution in [2.75, 3.05) is 62.7 Å². The number of amides is 3. The second-order valence-corrected chi connectivity index (χ2v) is 11.7. The van der Waals surface area contributed by atoms with Crippen molar-refractivity contribution in [2.45, 2.75) is 46.1 Å². The lowest BCUT2D eigenvalue weighted by atomic mass is 9.94. The van der Waals surface area contributed by atoms with Crippen LogP contribution in [0.4, 0.5) is 11.4 Å². The molecular formula is C31H40N4O4. The number of imide groups is 1. The van der Waals surface area contributed by atoms with E-state index in [2.05, 4.69) is 41.8 Å². The van der Waals surface area contributed by atoms with Crippen LogP contribution >= 0.6 is 0 Å². The van der Waals surface area contributed by atoms with Crippen LogP contribution in [0.1, 0.15) is 58.5 Å². The van der Waals surface area contributed by atoms with E-state index in [1.54, 1.807) is 13.2 Å². The van der Waals surface area contributed by atoms with Crippen LogP contribution in [0.15, 0.2) is 36.4 Å². The normalized spacial score (nSPS) is 20.1. The van der Waals surface area contributed by atoms with Crippen LogP contribution in [0.2, 0.25) is 0 Å². The van der Waals surface area contributed by atoms with Gasteiger partial charge in [0.2, 0.25) is 5.91 Å². The van der Waals surface area contributed by atoms with Gasteiger partial charge in [-0.1, -0.05) is 18.2 Å². The van der Waals surface area contributed by atoms with Crippen molar-refractivity contribution in [2.24, 2.45) is 5.92 Å². The molecule has 3 amide bonds. The number of carbonyl (C=O) groups excluding carboxylic acids is 3. The first kappa shape index (κ1) is 27.2. The summed E-state index contributed by atoms with van der Waals surface area (Å²) in [5.74, 6) is -0.503. The number of rotatable bonds is 6. The molecule has 0 N–H and O–H groups in total. The third-order valence-corrected chi connectivity index (χ3v) is 8.69. The van der Waals surface area contributed by atoms with Gasteiger partial charge < -0.3 is 19.4 Å². The van der Waals surface area contributed by atoms with Gasteiger partial charge in [-0.2, -0.15) is 0 Å². The monoisotopic (exact) mass is 532 g/mol. The van der Waals surface area contributed by atoms with E-state index in [1.807, 2.05) is 30.9 Å². The molecular weight excluding hydrogens is 492 g/mol. The van der Waals surface area contributed by atoms with Gasteiger partial charge in [-0.3, -0.25) is 19.3 Å². The first-order chi connectivity index (χ1) is 18.6. The maximum Gasteiger partial charge on any atom is 0.263 e. The van der Waals surface area contributed by atoms with E-state index >= 15 is 0 Å². The first-order valence-corrected chi connectivity index (χ1v) is 14.0. The van der Waals surface area contributed by atoms with Crippen LogP contribution < -0.4 is 9.80 Å². The molecule has 3 aliphatic heterocycles. The lowest BCUT2D eigenvalue weighted by Gasteiger charge is -2.40. The van der Waals surface area contributed by atoms with E-state index in [0.29, 0.717) is 30.8 Å². The number of piperazine rings is 1. The number of methoxy groups -OCH3 is 1. The average molecular weight is 533 g/mol. The number of piperidine rings is 1. The summed E-state index contributed by atoms with van der Waals surface area (Å²) in [4.78, 5) is 48.0. The topological polar surface area (TPSA) is 73.4 Å². The fourth-order valence-electron chi connectivity index (χ4n) is 6.07. The minimum atomic E-state index is -0.641. The van der Waals surface area contributed by atoms with Gasteiger partial charge in [-0.25, -0.2) is 0 Å². The van der Waals surface area contributed by atoms with Gasteiger partial charge in [0.25, 0.3) is 11.8 Å². The van der Waals surface area contributed by atoms with Gasteiger partial charge in [0.15, 0.2) is 0 Å². The fourth-order valence-corrected chi connectivity index (χ4v) is 6.07. The Morgan fingerprint density at radius 3 is 2.33 bits per heavy atom. The van der Waals surface area contributed by atoms with Crippen LogP contribution in [0, 0.1) is 19.8 Å². The number of benzene rings is 2. The lowest BCUT2D eigenvalue weighted by molar-refractivity contribution is -0.136. The van der Waals surface area contributed by atoms with E-state index in [0.717, 1.165) is 38.2 Å². The van der Waals surface area contributed by atoms with Crippen LogP contribution in [-0.4, -0.2) is 86.0 Å². The molecule has 8 heteroatoms. The number of fused-ring (bicyclic) bond motifs is 1. The van der Waals surface area contributed by atoms with Crippen LogP contribution in [0.5, 0.6) is 0 Å². The zero-order valence-corrected chi connectivity index (χ0v) is 23.8. The Morgan fingerprint density at radius 1 is 0.923 bits per heavy atom. The van der Waals surface area contributed by atoms with Crippen molar-refractivity contribution >= 4 is 29.1 Å². The number of aryl methyl sites for hydroxylation is 1. The van der Waals surface area contributed by atoms with Crippen molar-refractivity contribution in [1.29, 1.82) is 0 Å². The van der Waals surface area contributed by atoms with Crippen molar-refractivity contribution < 1.29 is 19.1 Å². The van der Waals surface area contributed by atoms with Gasteiger partial charge >= 0.3 is 0 Å². The van der Waals surface area contributed by atoms with Crippen molar-refractivity contribution in [1.82, 2.24) is 9.80 Å². The van der Waals surface area contributed by atoms with E-state index in [1.165, 1.54) is 21.7 Å². The number of hydrogen-bond acceptors (Lipinski definition) is 6. The molecule has 0 aliphatic carbocycles. The Hall–Kier alpha value is -3.39. The molecule has 2 saturated heterocycles. The molecule has 0 bridgehead atoms. The average Bonchev–Trinajstić information content (AvgIpc) is 3.19. The van der Waals surface area contributed by atoms with Gasteiger partial charge in [-0.05, 0) is 69.9 Å². The highest BCUT2D eigenvalue weighted by molar-refractivity contribution is 6.23. The molecule has 2 fully saturated rings. The van der Waals surface area contributed by atoms with Crippen molar-refractivity contribution in [3.8, 4) is 0 Å². The summed E-state index contributed by atoms with van der Waals surface area (Å²) in [7, 11) is 1.58. The highest BCUT2D eigenvalue weighted by Gasteiger charge is 2.42. The Kier molecular flexibility index (Phi) is 7.42. The zero-order chi connectivity index (χ0) is 27.9. The summed E-state index contributed by atoms with van der Waals surface area (Å²) in [5.41, 5.74) is 4.83. The second kappa shape index (κ2) is 10.6. The minimum absolute atomic E-state index is 0.127. The standard InChI is InChI=1S/C31H40N4O4/c1-21-9-6-12-25(22(21)2)32-15-17-33(18-16-32)28(36)23-10-8-14-34(19-23)26-13-7-11-24-27(26)30(38)35(29(24)37)20-31(3,4)39-5/h6-7,9,11-13,23H,8,10,14-20H2,1-5H3. The van der Waals surface area contributed by atoms with Gasteiger partial charge in [0.1, 0.15) is 0 Å². The van der Waals surface area contributed by atoms with Crippen molar-refractivity contribution in [3.63, 3.8) is 0 Å². The smallest absolute Gasteiger partial charge is 0.263 e.